The monoisotopic (exact) mass is 490 g/mol. The van der Waals surface area contributed by atoms with Gasteiger partial charge in [0.05, 0.1) is 10.6 Å². The molecule has 0 unspecified atom stereocenters. The summed E-state index contributed by atoms with van der Waals surface area (Å²) in [5, 5.41) is 2.69. The van der Waals surface area contributed by atoms with Crippen molar-refractivity contribution in [2.45, 2.75) is 25.2 Å². The number of anilines is 2. The third-order valence-corrected chi connectivity index (χ3v) is 7.69. The van der Waals surface area contributed by atoms with Crippen LogP contribution in [0.5, 0.6) is 0 Å². The molecule has 35 heavy (non-hydrogen) atoms. The van der Waals surface area contributed by atoms with Gasteiger partial charge in [0.15, 0.2) is 6.61 Å². The smallest absolute Gasteiger partial charge is 0.331 e. The Balaban J connectivity index is 1.32. The number of nitrogens with one attached hydrogen (secondary N) is 1. The predicted octanol–water partition coefficient (Wildman–Crippen LogP) is 4.25. The Hall–Kier alpha value is -3.91. The number of sulfonamides is 1. The molecule has 4 rings (SSSR count). The van der Waals surface area contributed by atoms with Gasteiger partial charge in [-0.2, -0.15) is 0 Å². The van der Waals surface area contributed by atoms with Crippen molar-refractivity contribution >= 4 is 39.4 Å². The highest BCUT2D eigenvalue weighted by Gasteiger charge is 2.30. The number of nitrogens with zero attached hydrogens (tertiary/aromatic N) is 1. The Kier molecular flexibility index (Phi) is 7.02. The first-order valence-corrected chi connectivity index (χ1v) is 12.6. The minimum Gasteiger partial charge on any atom is -0.452 e. The zero-order chi connectivity index (χ0) is 25.0. The second-order valence-electron chi connectivity index (χ2n) is 8.31. The van der Waals surface area contributed by atoms with Gasteiger partial charge < -0.3 is 10.1 Å². The Labute approximate surface area is 205 Å². The number of benzene rings is 3. The molecule has 1 aliphatic heterocycles. The van der Waals surface area contributed by atoms with Gasteiger partial charge in [-0.3, -0.25) is 9.10 Å². The van der Waals surface area contributed by atoms with Crippen LogP contribution in [0.2, 0.25) is 0 Å². The highest BCUT2D eigenvalue weighted by atomic mass is 32.2. The second kappa shape index (κ2) is 10.1. The molecule has 1 aliphatic rings. The molecule has 0 spiro atoms. The summed E-state index contributed by atoms with van der Waals surface area (Å²) in [5.74, 6) is -1.11. The summed E-state index contributed by atoms with van der Waals surface area (Å²) in [4.78, 5) is 24.2. The first kappa shape index (κ1) is 24.2. The maximum Gasteiger partial charge on any atom is 0.331 e. The fourth-order valence-corrected chi connectivity index (χ4v) is 5.30. The number of hydrogen-bond acceptors (Lipinski definition) is 5. The zero-order valence-corrected chi connectivity index (χ0v) is 20.3. The lowest BCUT2D eigenvalue weighted by Gasteiger charge is -2.19. The van der Waals surface area contributed by atoms with Crippen molar-refractivity contribution < 1.29 is 22.7 Å². The lowest BCUT2D eigenvalue weighted by molar-refractivity contribution is -0.142. The number of hydrogen-bond donors (Lipinski definition) is 1. The van der Waals surface area contributed by atoms with E-state index < -0.39 is 28.5 Å². The summed E-state index contributed by atoms with van der Waals surface area (Å²) < 4.78 is 32.6. The molecule has 7 nitrogen and oxygen atoms in total. The molecule has 180 valence electrons. The Bertz CT molecular complexity index is 1400. The van der Waals surface area contributed by atoms with Crippen molar-refractivity contribution in [2.75, 3.05) is 22.8 Å². The molecule has 8 heteroatoms. The Morgan fingerprint density at radius 3 is 2.49 bits per heavy atom. The molecular weight excluding hydrogens is 464 g/mol. The molecule has 1 heterocycles. The van der Waals surface area contributed by atoms with E-state index in [0.29, 0.717) is 29.9 Å². The third-order valence-electron chi connectivity index (χ3n) is 5.86. The maximum atomic E-state index is 13.1. The molecule has 3 aromatic carbocycles. The van der Waals surface area contributed by atoms with Crippen LogP contribution in [0.1, 0.15) is 22.3 Å². The molecule has 0 fully saturated rings. The van der Waals surface area contributed by atoms with Gasteiger partial charge in [-0.05, 0) is 78.9 Å². The number of para-hydroxylation sites is 1. The van der Waals surface area contributed by atoms with Gasteiger partial charge in [-0.1, -0.05) is 36.4 Å². The SMILES string of the molecule is Cc1ccc(NC(=O)COC(=O)/C=C/c2ccc(S(=O)(=O)N3CCc4ccccc43)cc2)cc1C. The number of fused-ring (bicyclic) bond motifs is 1. The molecule has 0 bridgehead atoms. The third kappa shape index (κ3) is 5.60. The van der Waals surface area contributed by atoms with Crippen molar-refractivity contribution in [3.8, 4) is 0 Å². The molecule has 0 radical (unpaired) electrons. The van der Waals surface area contributed by atoms with Crippen LogP contribution in [0.25, 0.3) is 6.08 Å². The van der Waals surface area contributed by atoms with Crippen LogP contribution in [0.15, 0.2) is 77.7 Å². The first-order valence-electron chi connectivity index (χ1n) is 11.2. The Morgan fingerprint density at radius 1 is 1.00 bits per heavy atom. The van der Waals surface area contributed by atoms with E-state index in [2.05, 4.69) is 5.32 Å². The maximum absolute atomic E-state index is 13.1. The fraction of sp³-hybridized carbons (Fsp3) is 0.185. The summed E-state index contributed by atoms with van der Waals surface area (Å²) >= 11 is 0. The minimum absolute atomic E-state index is 0.178. The number of carbonyl (C=O) groups is 2. The van der Waals surface area contributed by atoms with Gasteiger partial charge in [0.1, 0.15) is 0 Å². The minimum atomic E-state index is -3.68. The summed E-state index contributed by atoms with van der Waals surface area (Å²) in [6.07, 6.45) is 3.38. The quantitative estimate of drug-likeness (QED) is 0.395. The predicted molar refractivity (Wildman–Crippen MR) is 136 cm³/mol. The van der Waals surface area contributed by atoms with Gasteiger partial charge in [0, 0.05) is 18.3 Å². The average molecular weight is 491 g/mol. The molecule has 0 atom stereocenters. The number of aryl methyl sites for hydroxylation is 2. The van der Waals surface area contributed by atoms with E-state index in [1.165, 1.54) is 28.6 Å². The summed E-state index contributed by atoms with van der Waals surface area (Å²) in [5.41, 5.74) is 5.15. The van der Waals surface area contributed by atoms with Crippen LogP contribution >= 0.6 is 0 Å². The number of amides is 1. The van der Waals surface area contributed by atoms with E-state index in [9.17, 15) is 18.0 Å². The molecule has 0 saturated carbocycles. The van der Waals surface area contributed by atoms with E-state index in [4.69, 9.17) is 4.74 Å². The van der Waals surface area contributed by atoms with Gasteiger partial charge in [-0.25, -0.2) is 13.2 Å². The van der Waals surface area contributed by atoms with Gasteiger partial charge in [0.2, 0.25) is 0 Å². The van der Waals surface area contributed by atoms with Crippen LogP contribution in [0.3, 0.4) is 0 Å². The molecule has 0 aromatic heterocycles. The molecule has 1 N–H and O–H groups in total. The van der Waals surface area contributed by atoms with Crippen LogP contribution in [-0.4, -0.2) is 33.4 Å². The van der Waals surface area contributed by atoms with Gasteiger partial charge >= 0.3 is 5.97 Å². The van der Waals surface area contributed by atoms with Gasteiger partial charge in [0.25, 0.3) is 15.9 Å². The molecule has 0 aliphatic carbocycles. The zero-order valence-electron chi connectivity index (χ0n) is 19.5. The van der Waals surface area contributed by atoms with E-state index in [1.54, 1.807) is 18.2 Å². The number of esters is 1. The van der Waals surface area contributed by atoms with Crippen molar-refractivity contribution in [1.82, 2.24) is 0 Å². The van der Waals surface area contributed by atoms with Crippen LogP contribution in [0, 0.1) is 13.8 Å². The van der Waals surface area contributed by atoms with E-state index in [1.807, 2.05) is 50.2 Å². The van der Waals surface area contributed by atoms with Crippen molar-refractivity contribution in [3.63, 3.8) is 0 Å². The Morgan fingerprint density at radius 2 is 1.74 bits per heavy atom. The van der Waals surface area contributed by atoms with Crippen LogP contribution in [-0.2, 0) is 30.8 Å². The van der Waals surface area contributed by atoms with E-state index >= 15 is 0 Å². The summed E-state index contributed by atoms with van der Waals surface area (Å²) in [7, 11) is -3.68. The number of rotatable bonds is 7. The highest BCUT2D eigenvalue weighted by molar-refractivity contribution is 7.92. The van der Waals surface area contributed by atoms with Crippen molar-refractivity contribution in [2.24, 2.45) is 0 Å². The molecular formula is C27H26N2O5S. The fourth-order valence-electron chi connectivity index (χ4n) is 3.80. The molecule has 1 amide bonds. The van der Waals surface area contributed by atoms with Crippen LogP contribution in [0.4, 0.5) is 11.4 Å². The summed E-state index contributed by atoms with van der Waals surface area (Å²) in [6.45, 7) is 3.92. The topological polar surface area (TPSA) is 92.8 Å². The average Bonchev–Trinajstić information content (AvgIpc) is 3.29. The lowest BCUT2D eigenvalue weighted by atomic mass is 10.1. The summed E-state index contributed by atoms with van der Waals surface area (Å²) in [6, 6.07) is 19.3. The molecule has 0 saturated heterocycles. The molecule has 3 aromatic rings. The van der Waals surface area contributed by atoms with Crippen LogP contribution < -0.4 is 9.62 Å². The lowest BCUT2D eigenvalue weighted by Crippen LogP contribution is -2.29. The normalized spacial score (nSPS) is 13.0. The van der Waals surface area contributed by atoms with E-state index in [0.717, 1.165) is 16.7 Å². The number of carbonyl (C=O) groups excluding carboxylic acids is 2. The van der Waals surface area contributed by atoms with E-state index in [-0.39, 0.29) is 4.90 Å². The second-order valence-corrected chi connectivity index (χ2v) is 10.2. The van der Waals surface area contributed by atoms with Crippen molar-refractivity contribution in [1.29, 1.82) is 0 Å². The van der Waals surface area contributed by atoms with Gasteiger partial charge in [-0.15, -0.1) is 0 Å². The standard InChI is InChI=1S/C27H26N2O5S/c1-19-7-11-23(17-20(19)2)28-26(30)18-34-27(31)14-10-21-8-12-24(13-9-21)35(32,33)29-16-15-22-5-3-4-6-25(22)29/h3-14,17H,15-16,18H2,1-2H3,(H,28,30)/b14-10+. The largest absolute Gasteiger partial charge is 0.452 e. The van der Waals surface area contributed by atoms with Crippen molar-refractivity contribution in [3.05, 3.63) is 95.1 Å². The highest BCUT2D eigenvalue weighted by Crippen LogP contribution is 2.32. The number of ether oxygens (including phenoxy) is 1. The first-order chi connectivity index (χ1) is 16.7.